The fourth-order valence-electron chi connectivity index (χ4n) is 3.20. The van der Waals surface area contributed by atoms with Gasteiger partial charge in [0.1, 0.15) is 0 Å². The second-order valence-corrected chi connectivity index (χ2v) is 6.43. The molecule has 1 aliphatic rings. The quantitative estimate of drug-likeness (QED) is 0.841. The van der Waals surface area contributed by atoms with E-state index in [9.17, 15) is 9.59 Å². The van der Waals surface area contributed by atoms with Crippen molar-refractivity contribution in [2.24, 2.45) is 5.92 Å². The highest BCUT2D eigenvalue weighted by Gasteiger charge is 2.23. The lowest BCUT2D eigenvalue weighted by Gasteiger charge is -2.28. The molecule has 1 aromatic carbocycles. The summed E-state index contributed by atoms with van der Waals surface area (Å²) < 4.78 is 0. The van der Waals surface area contributed by atoms with E-state index in [2.05, 4.69) is 17.6 Å². The van der Waals surface area contributed by atoms with Crippen LogP contribution in [0.5, 0.6) is 0 Å². The summed E-state index contributed by atoms with van der Waals surface area (Å²) in [6.07, 6.45) is 5.43. The predicted molar refractivity (Wildman–Crippen MR) is 88.7 cm³/mol. The Kier molecular flexibility index (Phi) is 5.58. The zero-order valence-corrected chi connectivity index (χ0v) is 13.7. The minimum Gasteiger partial charge on any atom is -0.345 e. The van der Waals surface area contributed by atoms with E-state index in [1.165, 1.54) is 6.42 Å². The summed E-state index contributed by atoms with van der Waals surface area (Å²) in [5.74, 6) is -0.334. The molecule has 2 rings (SSSR count). The van der Waals surface area contributed by atoms with Crippen LogP contribution in [0.2, 0.25) is 0 Å². The summed E-state index contributed by atoms with van der Waals surface area (Å²) in [6.45, 7) is 6.14. The van der Waals surface area contributed by atoms with Crippen molar-refractivity contribution in [1.82, 2.24) is 5.32 Å². The Morgan fingerprint density at radius 1 is 1.00 bits per heavy atom. The molecule has 0 atom stereocenters. The van der Waals surface area contributed by atoms with Crippen LogP contribution in [0.4, 0.5) is 5.69 Å². The molecule has 1 fully saturated rings. The molecular weight excluding hydrogens is 276 g/mol. The minimum atomic E-state index is -0.581. The van der Waals surface area contributed by atoms with Gasteiger partial charge in [-0.2, -0.15) is 0 Å². The molecule has 0 bridgehead atoms. The Balaban J connectivity index is 1.86. The Hall–Kier alpha value is -1.84. The molecule has 0 spiro atoms. The van der Waals surface area contributed by atoms with Gasteiger partial charge in [-0.25, -0.2) is 0 Å². The molecule has 1 aliphatic carbocycles. The normalized spacial score (nSPS) is 21.2. The smallest absolute Gasteiger partial charge is 0.313 e. The molecule has 4 heteroatoms. The average molecular weight is 302 g/mol. The third-order valence-corrected chi connectivity index (χ3v) is 4.45. The minimum absolute atomic E-state index is 0.139. The van der Waals surface area contributed by atoms with Gasteiger partial charge in [0.15, 0.2) is 0 Å². The van der Waals surface area contributed by atoms with E-state index in [0.29, 0.717) is 5.69 Å². The first kappa shape index (κ1) is 16.5. The number of anilines is 1. The van der Waals surface area contributed by atoms with Crippen LogP contribution in [0.3, 0.4) is 0 Å². The predicted octanol–water partition coefficient (Wildman–Crippen LogP) is 3.33. The number of benzene rings is 1. The molecule has 0 unspecified atom stereocenters. The van der Waals surface area contributed by atoms with Crippen molar-refractivity contribution >= 4 is 17.5 Å². The van der Waals surface area contributed by atoms with Crippen molar-refractivity contribution < 1.29 is 9.59 Å². The van der Waals surface area contributed by atoms with Gasteiger partial charge in [0.05, 0.1) is 0 Å². The summed E-state index contributed by atoms with van der Waals surface area (Å²) in [4.78, 5) is 24.0. The van der Waals surface area contributed by atoms with Crippen LogP contribution in [-0.4, -0.2) is 17.9 Å². The van der Waals surface area contributed by atoms with Crippen LogP contribution in [0, 0.1) is 19.8 Å². The first-order chi connectivity index (χ1) is 10.5. The second kappa shape index (κ2) is 7.43. The number of nitrogens with one attached hydrogen (secondary N) is 2. The summed E-state index contributed by atoms with van der Waals surface area (Å²) in [5.41, 5.74) is 2.80. The van der Waals surface area contributed by atoms with Crippen molar-refractivity contribution in [3.05, 3.63) is 29.3 Å². The first-order valence-corrected chi connectivity index (χ1v) is 8.18. The molecule has 0 saturated heterocycles. The molecular formula is C18H26N2O2. The van der Waals surface area contributed by atoms with Gasteiger partial charge >= 0.3 is 11.8 Å². The molecule has 2 N–H and O–H groups in total. The molecule has 4 nitrogen and oxygen atoms in total. The van der Waals surface area contributed by atoms with Crippen LogP contribution >= 0.6 is 0 Å². The number of hydrogen-bond acceptors (Lipinski definition) is 2. The van der Waals surface area contributed by atoms with E-state index in [4.69, 9.17) is 0 Å². The van der Waals surface area contributed by atoms with E-state index in [1.807, 2.05) is 32.0 Å². The van der Waals surface area contributed by atoms with E-state index in [0.717, 1.165) is 42.7 Å². The molecule has 0 aliphatic heterocycles. The van der Waals surface area contributed by atoms with Gasteiger partial charge in [0.25, 0.3) is 0 Å². The molecule has 0 heterocycles. The topological polar surface area (TPSA) is 58.2 Å². The standard InChI is InChI=1S/C18H26N2O2/c1-4-14-5-7-15(8-6-14)19-17(21)18(22)20-16-10-12(2)9-13(3)11-16/h9-11,14-15H,4-8H2,1-3H3,(H,19,21)(H,20,22). The maximum Gasteiger partial charge on any atom is 0.313 e. The van der Waals surface area contributed by atoms with E-state index in [-0.39, 0.29) is 6.04 Å². The van der Waals surface area contributed by atoms with Crippen LogP contribution in [-0.2, 0) is 9.59 Å². The third kappa shape index (κ3) is 4.58. The van der Waals surface area contributed by atoms with Gasteiger partial charge in [-0.1, -0.05) is 19.4 Å². The average Bonchev–Trinajstić information content (AvgIpc) is 2.46. The molecule has 2 amide bonds. The fourth-order valence-corrected chi connectivity index (χ4v) is 3.20. The van der Waals surface area contributed by atoms with Gasteiger partial charge < -0.3 is 10.6 Å². The zero-order valence-electron chi connectivity index (χ0n) is 13.7. The fraction of sp³-hybridized carbons (Fsp3) is 0.556. The highest BCUT2D eigenvalue weighted by Crippen LogP contribution is 2.26. The maximum atomic E-state index is 12.0. The van der Waals surface area contributed by atoms with Crippen molar-refractivity contribution in [3.63, 3.8) is 0 Å². The number of aryl methyl sites for hydroxylation is 2. The lowest BCUT2D eigenvalue weighted by atomic mass is 9.84. The van der Waals surface area contributed by atoms with Crippen LogP contribution in [0.25, 0.3) is 0 Å². The molecule has 1 saturated carbocycles. The second-order valence-electron chi connectivity index (χ2n) is 6.43. The number of hydrogen-bond donors (Lipinski definition) is 2. The van der Waals surface area contributed by atoms with Crippen LogP contribution in [0.1, 0.15) is 50.2 Å². The van der Waals surface area contributed by atoms with Crippen molar-refractivity contribution in [3.8, 4) is 0 Å². The van der Waals surface area contributed by atoms with Crippen molar-refractivity contribution in [2.75, 3.05) is 5.32 Å². The Morgan fingerprint density at radius 3 is 2.14 bits per heavy atom. The van der Waals surface area contributed by atoms with E-state index < -0.39 is 11.8 Å². The lowest BCUT2D eigenvalue weighted by molar-refractivity contribution is -0.136. The van der Waals surface area contributed by atoms with Crippen LogP contribution < -0.4 is 10.6 Å². The van der Waals surface area contributed by atoms with E-state index >= 15 is 0 Å². The van der Waals surface area contributed by atoms with Gasteiger partial charge in [-0.05, 0) is 68.7 Å². The number of carbonyl (C=O) groups is 2. The van der Waals surface area contributed by atoms with Crippen molar-refractivity contribution in [2.45, 2.75) is 58.9 Å². The lowest BCUT2D eigenvalue weighted by Crippen LogP contribution is -2.43. The van der Waals surface area contributed by atoms with Gasteiger partial charge in [0, 0.05) is 11.7 Å². The summed E-state index contributed by atoms with van der Waals surface area (Å²) >= 11 is 0. The molecule has 120 valence electrons. The Morgan fingerprint density at radius 2 is 1.59 bits per heavy atom. The highest BCUT2D eigenvalue weighted by atomic mass is 16.2. The van der Waals surface area contributed by atoms with Gasteiger partial charge in [-0.15, -0.1) is 0 Å². The molecule has 22 heavy (non-hydrogen) atoms. The summed E-state index contributed by atoms with van der Waals surface area (Å²) in [7, 11) is 0. The molecule has 0 radical (unpaired) electrons. The van der Waals surface area contributed by atoms with Gasteiger partial charge in [-0.3, -0.25) is 9.59 Å². The Labute approximate surface area is 132 Å². The number of amides is 2. The van der Waals surface area contributed by atoms with Crippen molar-refractivity contribution in [1.29, 1.82) is 0 Å². The zero-order chi connectivity index (χ0) is 16.1. The van der Waals surface area contributed by atoms with Crippen LogP contribution in [0.15, 0.2) is 18.2 Å². The summed E-state index contributed by atoms with van der Waals surface area (Å²) in [6, 6.07) is 5.90. The SMILES string of the molecule is CCC1CCC(NC(=O)C(=O)Nc2cc(C)cc(C)c2)CC1. The first-order valence-electron chi connectivity index (χ1n) is 8.18. The summed E-state index contributed by atoms with van der Waals surface area (Å²) in [5, 5.41) is 5.54. The largest absolute Gasteiger partial charge is 0.345 e. The third-order valence-electron chi connectivity index (χ3n) is 4.45. The number of rotatable bonds is 3. The monoisotopic (exact) mass is 302 g/mol. The Bertz CT molecular complexity index is 526. The highest BCUT2D eigenvalue weighted by molar-refractivity contribution is 6.39. The molecule has 1 aromatic rings. The van der Waals surface area contributed by atoms with E-state index in [1.54, 1.807) is 0 Å². The van der Waals surface area contributed by atoms with Gasteiger partial charge in [0.2, 0.25) is 0 Å². The maximum absolute atomic E-state index is 12.0. The molecule has 0 aromatic heterocycles. The number of carbonyl (C=O) groups excluding carboxylic acids is 2.